The monoisotopic (exact) mass is 327 g/mol. The van der Waals surface area contributed by atoms with Crippen LogP contribution in [-0.4, -0.2) is 27.4 Å². The van der Waals surface area contributed by atoms with E-state index >= 15 is 0 Å². The lowest BCUT2D eigenvalue weighted by atomic mass is 10.2. The quantitative estimate of drug-likeness (QED) is 0.227. The molecule has 7 N–H and O–H groups in total. The lowest BCUT2D eigenvalue weighted by molar-refractivity contribution is -0.121. The molecule has 0 bridgehead atoms. The number of rotatable bonds is 9. The first-order valence-corrected chi connectivity index (χ1v) is 8.16. The molecule has 0 saturated heterocycles. The second-order valence-corrected chi connectivity index (χ2v) is 6.21. The molecule has 9 heteroatoms. The minimum absolute atomic E-state index is 0.110. The Kier molecular flexibility index (Phi) is 7.37. The third-order valence-electron chi connectivity index (χ3n) is 2.70. The van der Waals surface area contributed by atoms with E-state index in [0.717, 1.165) is 0 Å². The third kappa shape index (κ3) is 6.57. The van der Waals surface area contributed by atoms with Crippen molar-refractivity contribution in [2.45, 2.75) is 17.7 Å². The van der Waals surface area contributed by atoms with E-state index in [0.29, 0.717) is 12.1 Å². The molecule has 0 unspecified atom stereocenters. The van der Waals surface area contributed by atoms with Gasteiger partial charge in [-0.05, 0) is 18.6 Å². The predicted octanol–water partition coefficient (Wildman–Crippen LogP) is -0.875. The van der Waals surface area contributed by atoms with Crippen molar-refractivity contribution in [3.05, 3.63) is 42.2 Å². The van der Waals surface area contributed by atoms with Gasteiger partial charge >= 0.3 is 0 Å². The van der Waals surface area contributed by atoms with E-state index in [2.05, 4.69) is 15.5 Å². The van der Waals surface area contributed by atoms with Gasteiger partial charge in [0.2, 0.25) is 15.9 Å². The molecule has 122 valence electrons. The molecule has 8 nitrogen and oxygen atoms in total. The van der Waals surface area contributed by atoms with Crippen LogP contribution in [0.15, 0.2) is 47.1 Å². The van der Waals surface area contributed by atoms with Crippen LogP contribution >= 0.6 is 0 Å². The summed E-state index contributed by atoms with van der Waals surface area (Å²) < 4.78 is 26.2. The Morgan fingerprint density at radius 2 is 1.82 bits per heavy atom. The molecule has 0 aromatic heterocycles. The van der Waals surface area contributed by atoms with E-state index in [-0.39, 0.29) is 30.3 Å². The summed E-state index contributed by atoms with van der Waals surface area (Å²) in [4.78, 5) is 11.7. The van der Waals surface area contributed by atoms with Crippen molar-refractivity contribution in [1.29, 1.82) is 0 Å². The van der Waals surface area contributed by atoms with Crippen molar-refractivity contribution in [1.82, 2.24) is 15.5 Å². The number of carbonyl (C=O) groups is 1. The summed E-state index contributed by atoms with van der Waals surface area (Å²) in [5.41, 5.74) is 8.30. The fourth-order valence-corrected chi connectivity index (χ4v) is 2.65. The number of hydrazine groups is 1. The van der Waals surface area contributed by atoms with Gasteiger partial charge in [-0.25, -0.2) is 13.1 Å². The predicted molar refractivity (Wildman–Crippen MR) is 83.5 cm³/mol. The minimum atomic E-state index is -3.54. The molecule has 1 aromatic carbocycles. The first-order chi connectivity index (χ1) is 10.5. The van der Waals surface area contributed by atoms with Gasteiger partial charge in [0, 0.05) is 31.4 Å². The number of hydrogen-bond acceptors (Lipinski definition) is 6. The van der Waals surface area contributed by atoms with Gasteiger partial charge in [-0.15, -0.1) is 0 Å². The Balaban J connectivity index is 2.28. The summed E-state index contributed by atoms with van der Waals surface area (Å²) in [6.07, 6.45) is 1.97. The summed E-state index contributed by atoms with van der Waals surface area (Å²) in [5.74, 6) is 4.84. The maximum absolute atomic E-state index is 11.9. The zero-order valence-corrected chi connectivity index (χ0v) is 12.9. The van der Waals surface area contributed by atoms with Gasteiger partial charge in [-0.2, -0.15) is 0 Å². The van der Waals surface area contributed by atoms with Crippen molar-refractivity contribution < 1.29 is 13.2 Å². The van der Waals surface area contributed by atoms with Crippen LogP contribution in [0, 0.1) is 0 Å². The zero-order chi connectivity index (χ0) is 16.4. The molecule has 22 heavy (non-hydrogen) atoms. The normalized spacial score (nSPS) is 12.0. The molecule has 0 fully saturated rings. The Hall–Kier alpha value is -2.10. The second-order valence-electron chi connectivity index (χ2n) is 4.45. The van der Waals surface area contributed by atoms with Crippen LogP contribution in [0.2, 0.25) is 0 Å². The summed E-state index contributed by atoms with van der Waals surface area (Å²) in [5, 5.41) is 2.60. The van der Waals surface area contributed by atoms with Gasteiger partial charge in [0.25, 0.3) is 0 Å². The average Bonchev–Trinajstić information content (AvgIpc) is 2.51. The SMILES string of the molecule is NN/C=C(\N)CCC(=O)NCCNS(=O)(=O)c1ccccc1. The highest BCUT2D eigenvalue weighted by Gasteiger charge is 2.12. The average molecular weight is 327 g/mol. The van der Waals surface area contributed by atoms with E-state index in [1.165, 1.54) is 18.3 Å². The van der Waals surface area contributed by atoms with Crippen LogP contribution in [0.3, 0.4) is 0 Å². The largest absolute Gasteiger partial charge is 0.401 e. The van der Waals surface area contributed by atoms with Gasteiger partial charge in [-0.1, -0.05) is 18.2 Å². The zero-order valence-electron chi connectivity index (χ0n) is 12.1. The number of allylic oxidation sites excluding steroid dienone is 1. The lowest BCUT2D eigenvalue weighted by Gasteiger charge is -2.08. The summed E-state index contributed by atoms with van der Waals surface area (Å²) in [6.45, 7) is 0.308. The van der Waals surface area contributed by atoms with Crippen molar-refractivity contribution in [3.63, 3.8) is 0 Å². The highest BCUT2D eigenvalue weighted by atomic mass is 32.2. The van der Waals surface area contributed by atoms with Crippen LogP contribution < -0.4 is 27.0 Å². The van der Waals surface area contributed by atoms with Crippen molar-refractivity contribution in [3.8, 4) is 0 Å². The van der Waals surface area contributed by atoms with E-state index in [4.69, 9.17) is 11.6 Å². The first kappa shape index (κ1) is 18.0. The Morgan fingerprint density at radius 3 is 2.45 bits per heavy atom. The number of amides is 1. The van der Waals surface area contributed by atoms with Gasteiger partial charge in [0.1, 0.15) is 0 Å². The van der Waals surface area contributed by atoms with Crippen LogP contribution in [0.5, 0.6) is 0 Å². The van der Waals surface area contributed by atoms with E-state index in [1.54, 1.807) is 18.2 Å². The van der Waals surface area contributed by atoms with Crippen LogP contribution in [0.4, 0.5) is 0 Å². The number of sulfonamides is 1. The Labute approximate surface area is 130 Å². The molecule has 0 aliphatic heterocycles. The molecule has 1 amide bonds. The fourth-order valence-electron chi connectivity index (χ4n) is 1.60. The van der Waals surface area contributed by atoms with Gasteiger partial charge in [-0.3, -0.25) is 10.6 Å². The molecule has 0 radical (unpaired) electrons. The fraction of sp³-hybridized carbons (Fsp3) is 0.308. The first-order valence-electron chi connectivity index (χ1n) is 6.68. The van der Waals surface area contributed by atoms with Crippen LogP contribution in [0.1, 0.15) is 12.8 Å². The molecule has 0 atom stereocenters. The van der Waals surface area contributed by atoms with E-state index in [9.17, 15) is 13.2 Å². The van der Waals surface area contributed by atoms with Crippen LogP contribution in [0.25, 0.3) is 0 Å². The molecule has 0 aliphatic rings. The molecule has 1 rings (SSSR count). The van der Waals surface area contributed by atoms with E-state index < -0.39 is 10.0 Å². The number of hydrogen-bond donors (Lipinski definition) is 5. The van der Waals surface area contributed by atoms with E-state index in [1.807, 2.05) is 0 Å². The standard InChI is InChI=1S/C13H21N5O3S/c14-11(10-17-15)6-7-13(19)16-8-9-18-22(20,21)12-4-2-1-3-5-12/h1-5,10,17-18H,6-9,14-15H2,(H,16,19)/b11-10-. The maximum Gasteiger partial charge on any atom is 0.240 e. The third-order valence-corrected chi connectivity index (χ3v) is 4.18. The number of carbonyl (C=O) groups excluding carboxylic acids is 1. The highest BCUT2D eigenvalue weighted by molar-refractivity contribution is 7.89. The molecule has 0 saturated carbocycles. The lowest BCUT2D eigenvalue weighted by Crippen LogP contribution is -2.34. The van der Waals surface area contributed by atoms with Crippen LogP contribution in [-0.2, 0) is 14.8 Å². The molecule has 0 spiro atoms. The molecule has 1 aromatic rings. The smallest absolute Gasteiger partial charge is 0.240 e. The number of nitrogens with one attached hydrogen (secondary N) is 3. The van der Waals surface area contributed by atoms with Gasteiger partial charge in [0.05, 0.1) is 4.90 Å². The number of nitrogens with two attached hydrogens (primary N) is 2. The number of benzene rings is 1. The highest BCUT2D eigenvalue weighted by Crippen LogP contribution is 2.06. The summed E-state index contributed by atoms with van der Waals surface area (Å²) in [6, 6.07) is 8.03. The van der Waals surface area contributed by atoms with Gasteiger partial charge < -0.3 is 16.5 Å². The summed E-state index contributed by atoms with van der Waals surface area (Å²) in [7, 11) is -3.54. The maximum atomic E-state index is 11.9. The van der Waals surface area contributed by atoms with Gasteiger partial charge in [0.15, 0.2) is 0 Å². The molecule has 0 heterocycles. The molecular formula is C13H21N5O3S. The van der Waals surface area contributed by atoms with Crippen molar-refractivity contribution >= 4 is 15.9 Å². The van der Waals surface area contributed by atoms with Crippen molar-refractivity contribution in [2.75, 3.05) is 13.1 Å². The second kappa shape index (κ2) is 9.03. The Morgan fingerprint density at radius 1 is 1.14 bits per heavy atom. The molecular weight excluding hydrogens is 306 g/mol. The topological polar surface area (TPSA) is 139 Å². The molecule has 0 aliphatic carbocycles. The van der Waals surface area contributed by atoms with Crippen molar-refractivity contribution in [2.24, 2.45) is 11.6 Å². The minimum Gasteiger partial charge on any atom is -0.401 e. The Bertz CT molecular complexity index is 601. The summed E-state index contributed by atoms with van der Waals surface area (Å²) >= 11 is 0.